The van der Waals surface area contributed by atoms with Gasteiger partial charge in [-0.05, 0) is 50.3 Å². The monoisotopic (exact) mass is 413 g/mol. The van der Waals surface area contributed by atoms with E-state index in [-0.39, 0.29) is 0 Å². The van der Waals surface area contributed by atoms with Crippen LogP contribution in [-0.2, 0) is 0 Å². The van der Waals surface area contributed by atoms with Crippen molar-refractivity contribution >= 4 is 27.8 Å². The second-order valence-electron chi connectivity index (χ2n) is 8.94. The molecule has 0 unspecified atom stereocenters. The molecule has 0 bridgehead atoms. The summed E-state index contributed by atoms with van der Waals surface area (Å²) in [5, 5.41) is 5.75. The lowest BCUT2D eigenvalue weighted by Crippen LogP contribution is -2.50. The number of H-pyrrole nitrogens is 1. The van der Waals surface area contributed by atoms with Crippen molar-refractivity contribution in [3.05, 3.63) is 42.0 Å². The van der Waals surface area contributed by atoms with Crippen LogP contribution in [-0.4, -0.2) is 50.6 Å². The molecule has 2 fully saturated rings. The van der Waals surface area contributed by atoms with E-state index in [2.05, 4.69) is 45.1 Å². The number of nitrogens with zero attached hydrogens (tertiary/aromatic N) is 5. The van der Waals surface area contributed by atoms with Crippen molar-refractivity contribution in [1.82, 2.24) is 30.2 Å². The third-order valence-corrected chi connectivity index (χ3v) is 6.84. The lowest BCUT2D eigenvalue weighted by Gasteiger charge is -2.36. The minimum absolute atomic E-state index is 0.370. The highest BCUT2D eigenvalue weighted by molar-refractivity contribution is 5.97. The summed E-state index contributed by atoms with van der Waals surface area (Å²) in [7, 11) is 0. The number of aromatic nitrogens is 5. The largest absolute Gasteiger partial charge is 0.351 e. The normalized spacial score (nSPS) is 19.8. The highest BCUT2D eigenvalue weighted by atomic mass is 15.3. The van der Waals surface area contributed by atoms with E-state index in [1.807, 2.05) is 24.7 Å². The van der Waals surface area contributed by atoms with E-state index < -0.39 is 0 Å². The molecule has 4 aromatic rings. The summed E-state index contributed by atoms with van der Waals surface area (Å²) in [5.41, 5.74) is 5.22. The Morgan fingerprint density at radius 1 is 1.16 bits per heavy atom. The standard InChI is InChI=1S/C24H27N7/c1-14-10-18-17(6-7-27-22(18)28-14)23-29-20-13-26-12-19(16-4-3-5-16)21(20)24(30-23)31-9-8-25-11-15(31)2/h6-7,10,12-13,15-16,25H,3-5,8-9,11H2,1-2H3,(H,27,28)/t15-/m0/s1. The maximum atomic E-state index is 5.22. The maximum absolute atomic E-state index is 5.22. The summed E-state index contributed by atoms with van der Waals surface area (Å²) in [4.78, 5) is 25.1. The Morgan fingerprint density at radius 3 is 2.87 bits per heavy atom. The van der Waals surface area contributed by atoms with Gasteiger partial charge in [-0.3, -0.25) is 4.98 Å². The molecule has 1 atom stereocenters. The van der Waals surface area contributed by atoms with Gasteiger partial charge in [0, 0.05) is 60.1 Å². The Labute approximate surface area is 181 Å². The van der Waals surface area contributed by atoms with Crippen molar-refractivity contribution in [3.8, 4) is 11.4 Å². The fraction of sp³-hybridized carbons (Fsp3) is 0.417. The number of hydrogen-bond donors (Lipinski definition) is 2. The van der Waals surface area contributed by atoms with Crippen LogP contribution in [0.25, 0.3) is 33.3 Å². The van der Waals surface area contributed by atoms with E-state index >= 15 is 0 Å². The number of nitrogens with one attached hydrogen (secondary N) is 2. The first-order valence-electron chi connectivity index (χ1n) is 11.3. The van der Waals surface area contributed by atoms with Gasteiger partial charge in [0.15, 0.2) is 5.82 Å². The number of aromatic amines is 1. The number of fused-ring (bicyclic) bond motifs is 2. The summed E-state index contributed by atoms with van der Waals surface area (Å²) >= 11 is 0. The molecule has 1 aliphatic heterocycles. The summed E-state index contributed by atoms with van der Waals surface area (Å²) in [6, 6.07) is 4.51. The van der Waals surface area contributed by atoms with Gasteiger partial charge in [-0.2, -0.15) is 0 Å². The molecule has 5 heterocycles. The molecule has 158 valence electrons. The van der Waals surface area contributed by atoms with Crippen LogP contribution in [0.4, 0.5) is 5.82 Å². The van der Waals surface area contributed by atoms with Crippen LogP contribution in [0.2, 0.25) is 0 Å². The summed E-state index contributed by atoms with van der Waals surface area (Å²) in [5.74, 6) is 2.37. The van der Waals surface area contributed by atoms with E-state index in [9.17, 15) is 0 Å². The zero-order chi connectivity index (χ0) is 20.9. The first-order chi connectivity index (χ1) is 15.2. The SMILES string of the molecule is Cc1cc2c(-c3nc(N4CCNC[C@@H]4C)c4c(C5CCC5)cncc4n3)ccnc2[nH]1. The van der Waals surface area contributed by atoms with Gasteiger partial charge in [0.1, 0.15) is 11.5 Å². The molecule has 2 aliphatic rings. The highest BCUT2D eigenvalue weighted by Gasteiger charge is 2.28. The molecule has 2 N–H and O–H groups in total. The van der Waals surface area contributed by atoms with Crippen LogP contribution in [0, 0.1) is 6.92 Å². The molecular weight excluding hydrogens is 386 g/mol. The molecule has 0 aromatic carbocycles. The number of rotatable bonds is 3. The van der Waals surface area contributed by atoms with Gasteiger partial charge in [-0.25, -0.2) is 15.0 Å². The summed E-state index contributed by atoms with van der Waals surface area (Å²) in [6.45, 7) is 7.18. The molecule has 0 radical (unpaired) electrons. The van der Waals surface area contributed by atoms with E-state index in [4.69, 9.17) is 9.97 Å². The number of hydrogen-bond acceptors (Lipinski definition) is 6. The van der Waals surface area contributed by atoms with Crippen LogP contribution in [0.5, 0.6) is 0 Å². The fourth-order valence-electron chi connectivity index (χ4n) is 4.95. The van der Waals surface area contributed by atoms with Crippen molar-refractivity contribution in [2.45, 2.75) is 45.1 Å². The van der Waals surface area contributed by atoms with E-state index in [1.54, 1.807) is 0 Å². The van der Waals surface area contributed by atoms with E-state index in [0.29, 0.717) is 12.0 Å². The average Bonchev–Trinajstić information content (AvgIpc) is 3.12. The second kappa shape index (κ2) is 7.27. The molecule has 6 rings (SSSR count). The predicted molar refractivity (Wildman–Crippen MR) is 123 cm³/mol. The Balaban J connectivity index is 1.62. The van der Waals surface area contributed by atoms with Crippen molar-refractivity contribution in [2.24, 2.45) is 0 Å². The average molecular weight is 414 g/mol. The third kappa shape index (κ3) is 3.07. The smallest absolute Gasteiger partial charge is 0.163 e. The van der Waals surface area contributed by atoms with Crippen LogP contribution >= 0.6 is 0 Å². The molecule has 1 saturated heterocycles. The highest BCUT2D eigenvalue weighted by Crippen LogP contribution is 2.42. The van der Waals surface area contributed by atoms with Crippen LogP contribution in [0.1, 0.15) is 43.4 Å². The van der Waals surface area contributed by atoms with Crippen LogP contribution in [0.15, 0.2) is 30.7 Å². The molecule has 7 nitrogen and oxygen atoms in total. The fourth-order valence-corrected chi connectivity index (χ4v) is 4.95. The number of pyridine rings is 2. The zero-order valence-electron chi connectivity index (χ0n) is 18.0. The molecule has 1 saturated carbocycles. The molecule has 0 spiro atoms. The number of anilines is 1. The van der Waals surface area contributed by atoms with E-state index in [1.165, 1.54) is 30.2 Å². The van der Waals surface area contributed by atoms with Gasteiger partial charge in [0.25, 0.3) is 0 Å². The van der Waals surface area contributed by atoms with Gasteiger partial charge >= 0.3 is 0 Å². The minimum atomic E-state index is 0.370. The molecule has 1 aliphatic carbocycles. The van der Waals surface area contributed by atoms with Crippen molar-refractivity contribution in [1.29, 1.82) is 0 Å². The van der Waals surface area contributed by atoms with Crippen LogP contribution < -0.4 is 10.2 Å². The molecule has 31 heavy (non-hydrogen) atoms. The number of piperazine rings is 1. The van der Waals surface area contributed by atoms with Crippen molar-refractivity contribution < 1.29 is 0 Å². The predicted octanol–water partition coefficient (Wildman–Crippen LogP) is 3.94. The minimum Gasteiger partial charge on any atom is -0.351 e. The molecule has 4 aromatic heterocycles. The first kappa shape index (κ1) is 18.7. The van der Waals surface area contributed by atoms with Gasteiger partial charge < -0.3 is 15.2 Å². The molecule has 7 heteroatoms. The Morgan fingerprint density at radius 2 is 2.06 bits per heavy atom. The topological polar surface area (TPSA) is 82.6 Å². The van der Waals surface area contributed by atoms with Gasteiger partial charge in [0.2, 0.25) is 0 Å². The van der Waals surface area contributed by atoms with Gasteiger partial charge in [-0.15, -0.1) is 0 Å². The Kier molecular flexibility index (Phi) is 4.38. The molecular formula is C24H27N7. The lowest BCUT2D eigenvalue weighted by molar-refractivity contribution is 0.421. The van der Waals surface area contributed by atoms with Gasteiger partial charge in [0.05, 0.1) is 11.7 Å². The van der Waals surface area contributed by atoms with E-state index in [0.717, 1.165) is 59.1 Å². The first-order valence-corrected chi connectivity index (χ1v) is 11.3. The van der Waals surface area contributed by atoms with Gasteiger partial charge in [-0.1, -0.05) is 6.42 Å². The Hall–Kier alpha value is -3.06. The maximum Gasteiger partial charge on any atom is 0.163 e. The van der Waals surface area contributed by atoms with Crippen molar-refractivity contribution in [3.63, 3.8) is 0 Å². The molecule has 0 amide bonds. The third-order valence-electron chi connectivity index (χ3n) is 6.84. The summed E-state index contributed by atoms with van der Waals surface area (Å²) in [6.07, 6.45) is 9.53. The zero-order valence-corrected chi connectivity index (χ0v) is 18.0. The van der Waals surface area contributed by atoms with Crippen LogP contribution in [0.3, 0.4) is 0 Å². The Bertz CT molecular complexity index is 1270. The van der Waals surface area contributed by atoms with Crippen molar-refractivity contribution in [2.75, 3.05) is 24.5 Å². The lowest BCUT2D eigenvalue weighted by atomic mass is 9.79. The second-order valence-corrected chi connectivity index (χ2v) is 8.94. The quantitative estimate of drug-likeness (QED) is 0.529. The number of aryl methyl sites for hydroxylation is 1. The summed E-state index contributed by atoms with van der Waals surface area (Å²) < 4.78 is 0.